The number of aromatic nitrogens is 2. The van der Waals surface area contributed by atoms with E-state index in [1.165, 1.54) is 32.1 Å². The van der Waals surface area contributed by atoms with Crippen LogP contribution in [0.1, 0.15) is 50.3 Å². The summed E-state index contributed by atoms with van der Waals surface area (Å²) in [4.78, 5) is 10.4. The Hall–Kier alpha value is -1.17. The number of carboxylic acid groups (broad SMARTS) is 1. The highest BCUT2D eigenvalue weighted by Crippen LogP contribution is 2.27. The van der Waals surface area contributed by atoms with Crippen molar-refractivity contribution < 1.29 is 14.1 Å². The topological polar surface area (TPSA) is 72.2 Å². The van der Waals surface area contributed by atoms with Crippen LogP contribution in [-0.2, 0) is 21.3 Å². The zero-order valence-corrected chi connectivity index (χ0v) is 11.8. The molecule has 0 bridgehead atoms. The van der Waals surface area contributed by atoms with Gasteiger partial charge in [0.25, 0.3) is 0 Å². The van der Waals surface area contributed by atoms with Gasteiger partial charge in [-0.15, -0.1) is 0 Å². The Morgan fingerprint density at radius 3 is 2.84 bits per heavy atom. The van der Waals surface area contributed by atoms with E-state index < -0.39 is 16.8 Å². The van der Waals surface area contributed by atoms with E-state index in [0.29, 0.717) is 11.8 Å². The van der Waals surface area contributed by atoms with Gasteiger partial charge in [0.15, 0.2) is 0 Å². The van der Waals surface area contributed by atoms with Crippen molar-refractivity contribution >= 4 is 16.8 Å². The monoisotopic (exact) mass is 284 g/mol. The van der Waals surface area contributed by atoms with Crippen LogP contribution in [0, 0.1) is 0 Å². The first-order valence-electron chi connectivity index (χ1n) is 6.76. The summed E-state index contributed by atoms with van der Waals surface area (Å²) >= 11 is 0. The standard InChI is InChI=1S/C13H20N2O3S/c16-13(17)7-9-19(18)10-11-6-8-15(14-11)12-4-2-1-3-5-12/h6,8,12H,1-5,7,9-10H2,(H,16,17). The molecule has 1 fully saturated rings. The summed E-state index contributed by atoms with van der Waals surface area (Å²) in [6.07, 6.45) is 8.07. The molecule has 106 valence electrons. The lowest BCUT2D eigenvalue weighted by Gasteiger charge is -2.21. The van der Waals surface area contributed by atoms with Gasteiger partial charge in [0, 0.05) is 22.7 Å². The third kappa shape index (κ3) is 4.45. The predicted molar refractivity (Wildman–Crippen MR) is 73.3 cm³/mol. The SMILES string of the molecule is O=C(O)CCS(=O)Cc1ccn(C2CCCCC2)n1. The minimum atomic E-state index is -1.14. The highest BCUT2D eigenvalue weighted by atomic mass is 32.2. The maximum atomic E-state index is 11.7. The van der Waals surface area contributed by atoms with Crippen LogP contribution in [0.5, 0.6) is 0 Å². The van der Waals surface area contributed by atoms with E-state index in [0.717, 1.165) is 5.69 Å². The van der Waals surface area contributed by atoms with Crippen LogP contribution in [0.4, 0.5) is 0 Å². The van der Waals surface area contributed by atoms with Gasteiger partial charge in [0.05, 0.1) is 23.9 Å². The number of aliphatic carboxylic acids is 1. The minimum Gasteiger partial charge on any atom is -0.481 e. The Morgan fingerprint density at radius 2 is 2.16 bits per heavy atom. The lowest BCUT2D eigenvalue weighted by Crippen LogP contribution is -2.14. The van der Waals surface area contributed by atoms with E-state index in [4.69, 9.17) is 5.11 Å². The summed E-state index contributed by atoms with van der Waals surface area (Å²) in [5.74, 6) is -0.348. The first-order valence-corrected chi connectivity index (χ1v) is 8.25. The average Bonchev–Trinajstić information content (AvgIpc) is 2.86. The van der Waals surface area contributed by atoms with Gasteiger partial charge in [-0.3, -0.25) is 13.7 Å². The summed E-state index contributed by atoms with van der Waals surface area (Å²) in [7, 11) is -1.14. The molecule has 1 heterocycles. The van der Waals surface area contributed by atoms with Crippen molar-refractivity contribution in [2.45, 2.75) is 50.3 Å². The van der Waals surface area contributed by atoms with Crippen molar-refractivity contribution in [2.75, 3.05) is 5.75 Å². The van der Waals surface area contributed by atoms with Gasteiger partial charge in [-0.25, -0.2) is 0 Å². The lowest BCUT2D eigenvalue weighted by atomic mass is 9.96. The number of nitrogens with zero attached hydrogens (tertiary/aromatic N) is 2. The highest BCUT2D eigenvalue weighted by molar-refractivity contribution is 7.84. The molecule has 1 aliphatic rings. The molecule has 1 aromatic heterocycles. The average molecular weight is 284 g/mol. The number of hydrogen-bond acceptors (Lipinski definition) is 3. The van der Waals surface area contributed by atoms with Crippen LogP contribution >= 0.6 is 0 Å². The van der Waals surface area contributed by atoms with E-state index in [-0.39, 0.29) is 12.2 Å². The molecule has 1 unspecified atom stereocenters. The zero-order valence-electron chi connectivity index (χ0n) is 11.0. The highest BCUT2D eigenvalue weighted by Gasteiger charge is 2.16. The van der Waals surface area contributed by atoms with Gasteiger partial charge in [0.2, 0.25) is 0 Å². The molecule has 0 amide bonds. The molecular formula is C13H20N2O3S. The first-order chi connectivity index (χ1) is 9.15. The zero-order chi connectivity index (χ0) is 13.7. The van der Waals surface area contributed by atoms with Gasteiger partial charge in [-0.1, -0.05) is 19.3 Å². The van der Waals surface area contributed by atoms with Gasteiger partial charge in [0.1, 0.15) is 0 Å². The van der Waals surface area contributed by atoms with Crippen molar-refractivity contribution in [3.8, 4) is 0 Å². The maximum Gasteiger partial charge on any atom is 0.304 e. The molecule has 2 rings (SSSR count). The van der Waals surface area contributed by atoms with Gasteiger partial charge >= 0.3 is 5.97 Å². The fourth-order valence-corrected chi connectivity index (χ4v) is 3.47. The van der Waals surface area contributed by atoms with Crippen LogP contribution < -0.4 is 0 Å². The van der Waals surface area contributed by atoms with Gasteiger partial charge in [-0.05, 0) is 18.9 Å². The van der Waals surface area contributed by atoms with Crippen molar-refractivity contribution in [2.24, 2.45) is 0 Å². The summed E-state index contributed by atoms with van der Waals surface area (Å²) in [6, 6.07) is 2.38. The Kier molecular flexibility index (Phi) is 5.13. The smallest absolute Gasteiger partial charge is 0.304 e. The van der Waals surface area contributed by atoms with Crippen LogP contribution in [0.2, 0.25) is 0 Å². The van der Waals surface area contributed by atoms with E-state index in [1.807, 2.05) is 16.9 Å². The molecule has 19 heavy (non-hydrogen) atoms. The molecule has 1 saturated carbocycles. The van der Waals surface area contributed by atoms with Crippen molar-refractivity contribution in [1.82, 2.24) is 9.78 Å². The van der Waals surface area contributed by atoms with E-state index in [1.54, 1.807) is 0 Å². The number of rotatable bonds is 6. The molecule has 1 aromatic rings. The Balaban J connectivity index is 1.86. The Labute approximate surface area is 115 Å². The Bertz CT molecular complexity index is 452. The molecule has 0 spiro atoms. The van der Waals surface area contributed by atoms with Crippen LogP contribution in [0.15, 0.2) is 12.3 Å². The van der Waals surface area contributed by atoms with E-state index in [9.17, 15) is 9.00 Å². The van der Waals surface area contributed by atoms with E-state index in [2.05, 4.69) is 5.10 Å². The fourth-order valence-electron chi connectivity index (χ4n) is 2.44. The lowest BCUT2D eigenvalue weighted by molar-refractivity contribution is -0.136. The van der Waals surface area contributed by atoms with Crippen LogP contribution in [0.3, 0.4) is 0 Å². The third-order valence-electron chi connectivity index (χ3n) is 3.46. The molecule has 1 N–H and O–H groups in total. The molecule has 0 radical (unpaired) electrons. The first kappa shape index (κ1) is 14.2. The molecule has 6 heteroatoms. The van der Waals surface area contributed by atoms with Crippen LogP contribution in [0.25, 0.3) is 0 Å². The van der Waals surface area contributed by atoms with Crippen LogP contribution in [-0.4, -0.2) is 30.8 Å². The summed E-state index contributed by atoms with van der Waals surface area (Å²) in [5, 5.41) is 13.0. The van der Waals surface area contributed by atoms with Crippen molar-refractivity contribution in [3.05, 3.63) is 18.0 Å². The summed E-state index contributed by atoms with van der Waals surface area (Å²) < 4.78 is 13.7. The molecule has 0 aliphatic heterocycles. The second-order valence-corrected chi connectivity index (χ2v) is 6.59. The predicted octanol–water partition coefficient (Wildman–Crippen LogP) is 2.11. The molecule has 1 aliphatic carbocycles. The molecule has 0 saturated heterocycles. The largest absolute Gasteiger partial charge is 0.481 e. The fraction of sp³-hybridized carbons (Fsp3) is 0.692. The van der Waals surface area contributed by atoms with Gasteiger partial charge < -0.3 is 5.11 Å². The summed E-state index contributed by atoms with van der Waals surface area (Å²) in [5.41, 5.74) is 0.800. The number of carboxylic acids is 1. The van der Waals surface area contributed by atoms with Gasteiger partial charge in [-0.2, -0.15) is 5.10 Å². The summed E-state index contributed by atoms with van der Waals surface area (Å²) in [6.45, 7) is 0. The number of carbonyl (C=O) groups is 1. The molecule has 5 nitrogen and oxygen atoms in total. The van der Waals surface area contributed by atoms with E-state index >= 15 is 0 Å². The number of hydrogen-bond donors (Lipinski definition) is 1. The Morgan fingerprint density at radius 1 is 1.42 bits per heavy atom. The third-order valence-corrected chi connectivity index (χ3v) is 4.74. The molecule has 0 aromatic carbocycles. The molecular weight excluding hydrogens is 264 g/mol. The molecule has 1 atom stereocenters. The second-order valence-electron chi connectivity index (χ2n) is 5.01. The quantitative estimate of drug-likeness (QED) is 0.868. The maximum absolute atomic E-state index is 11.7. The minimum absolute atomic E-state index is 0.0457. The van der Waals surface area contributed by atoms with Crippen molar-refractivity contribution in [3.63, 3.8) is 0 Å². The second kappa shape index (κ2) is 6.84. The van der Waals surface area contributed by atoms with Crippen molar-refractivity contribution in [1.29, 1.82) is 0 Å². The normalized spacial score (nSPS) is 18.3.